The van der Waals surface area contributed by atoms with Crippen molar-refractivity contribution in [2.24, 2.45) is 0 Å². The number of ether oxygens (including phenoxy) is 2. The van der Waals surface area contributed by atoms with Crippen molar-refractivity contribution in [3.8, 4) is 0 Å². The molecule has 1 saturated carbocycles. The summed E-state index contributed by atoms with van der Waals surface area (Å²) >= 11 is 0. The number of unbranched alkanes of at least 4 members (excludes halogenated alkanes) is 2. The zero-order valence-electron chi connectivity index (χ0n) is 11.6. The summed E-state index contributed by atoms with van der Waals surface area (Å²) in [5.41, 5.74) is 0. The third kappa shape index (κ3) is 6.97. The van der Waals surface area contributed by atoms with Crippen LogP contribution in [0.5, 0.6) is 0 Å². The van der Waals surface area contributed by atoms with Gasteiger partial charge in [-0.1, -0.05) is 12.2 Å². The van der Waals surface area contributed by atoms with Gasteiger partial charge in [0.05, 0.1) is 12.2 Å². The van der Waals surface area contributed by atoms with E-state index in [4.69, 9.17) is 9.47 Å². The fraction of sp³-hybridized carbons (Fsp3) is 0.750. The van der Waals surface area contributed by atoms with Gasteiger partial charge in [-0.05, 0) is 51.4 Å². The Morgan fingerprint density at radius 1 is 0.778 bits per heavy atom. The highest BCUT2D eigenvalue weighted by Crippen LogP contribution is 2.23. The van der Waals surface area contributed by atoms with Crippen molar-refractivity contribution in [1.29, 1.82) is 0 Å². The van der Waals surface area contributed by atoms with E-state index in [0.29, 0.717) is 12.2 Å². The van der Waals surface area contributed by atoms with Crippen LogP contribution in [-0.4, -0.2) is 25.4 Å². The quantitative estimate of drug-likeness (QED) is 0.427. The van der Waals surface area contributed by atoms with E-state index in [1.165, 1.54) is 0 Å². The molecular weight excluding hydrogens is 224 g/mol. The highest BCUT2D eigenvalue weighted by atomic mass is 16.5. The van der Waals surface area contributed by atoms with Crippen LogP contribution >= 0.6 is 0 Å². The summed E-state index contributed by atoms with van der Waals surface area (Å²) in [5.74, 6) is 0. The molecule has 0 aromatic rings. The molecule has 0 aromatic heterocycles. The lowest BCUT2D eigenvalue weighted by Crippen LogP contribution is -2.27. The summed E-state index contributed by atoms with van der Waals surface area (Å²) in [6, 6.07) is 0. The summed E-state index contributed by atoms with van der Waals surface area (Å²) in [7, 11) is 0. The van der Waals surface area contributed by atoms with Crippen molar-refractivity contribution in [3.05, 3.63) is 25.3 Å². The van der Waals surface area contributed by atoms with E-state index in [9.17, 15) is 0 Å². The first kappa shape index (κ1) is 15.5. The maximum absolute atomic E-state index is 5.86. The molecule has 104 valence electrons. The van der Waals surface area contributed by atoms with Crippen LogP contribution in [0.15, 0.2) is 25.3 Å². The normalized spacial score (nSPS) is 23.8. The third-order valence-corrected chi connectivity index (χ3v) is 3.43. The Kier molecular flexibility index (Phi) is 8.87. The van der Waals surface area contributed by atoms with Gasteiger partial charge < -0.3 is 9.47 Å². The van der Waals surface area contributed by atoms with E-state index in [-0.39, 0.29) is 0 Å². The highest BCUT2D eigenvalue weighted by Gasteiger charge is 2.21. The van der Waals surface area contributed by atoms with E-state index >= 15 is 0 Å². The Bertz CT molecular complexity index is 193. The van der Waals surface area contributed by atoms with Gasteiger partial charge in [-0.2, -0.15) is 0 Å². The minimum Gasteiger partial charge on any atom is -0.378 e. The van der Waals surface area contributed by atoms with Crippen molar-refractivity contribution in [2.75, 3.05) is 13.2 Å². The SMILES string of the molecule is C=CCCCOC1CCC(OCCCC=C)CC1. The molecule has 0 unspecified atom stereocenters. The van der Waals surface area contributed by atoms with E-state index in [0.717, 1.165) is 64.6 Å². The predicted molar refractivity (Wildman–Crippen MR) is 76.8 cm³/mol. The molecule has 0 aromatic carbocycles. The molecule has 0 atom stereocenters. The van der Waals surface area contributed by atoms with Crippen LogP contribution in [0, 0.1) is 0 Å². The lowest BCUT2D eigenvalue weighted by Gasteiger charge is -2.28. The van der Waals surface area contributed by atoms with Gasteiger partial charge in [0.1, 0.15) is 0 Å². The molecule has 18 heavy (non-hydrogen) atoms. The van der Waals surface area contributed by atoms with E-state index in [2.05, 4.69) is 13.2 Å². The minimum absolute atomic E-state index is 0.461. The molecule has 1 aliphatic carbocycles. The number of allylic oxidation sites excluding steroid dienone is 2. The van der Waals surface area contributed by atoms with Gasteiger partial charge in [-0.25, -0.2) is 0 Å². The van der Waals surface area contributed by atoms with Crippen LogP contribution in [0.1, 0.15) is 51.4 Å². The molecule has 2 nitrogen and oxygen atoms in total. The number of hydrogen-bond donors (Lipinski definition) is 0. The van der Waals surface area contributed by atoms with Gasteiger partial charge >= 0.3 is 0 Å². The lowest BCUT2D eigenvalue weighted by atomic mass is 9.95. The van der Waals surface area contributed by atoms with Crippen molar-refractivity contribution >= 4 is 0 Å². The van der Waals surface area contributed by atoms with Crippen LogP contribution < -0.4 is 0 Å². The molecule has 1 fully saturated rings. The van der Waals surface area contributed by atoms with Gasteiger partial charge in [0.15, 0.2) is 0 Å². The van der Waals surface area contributed by atoms with Crippen LogP contribution in [0.25, 0.3) is 0 Å². The summed E-state index contributed by atoms with van der Waals surface area (Å²) in [6.07, 6.45) is 13.8. The second-order valence-electron chi connectivity index (χ2n) is 5.00. The first-order valence-corrected chi connectivity index (χ1v) is 7.31. The maximum Gasteiger partial charge on any atom is 0.0577 e. The molecule has 0 N–H and O–H groups in total. The van der Waals surface area contributed by atoms with Gasteiger partial charge in [-0.15, -0.1) is 13.2 Å². The largest absolute Gasteiger partial charge is 0.378 e. The second-order valence-corrected chi connectivity index (χ2v) is 5.00. The Balaban J connectivity index is 1.98. The van der Waals surface area contributed by atoms with E-state index in [1.54, 1.807) is 0 Å². The van der Waals surface area contributed by atoms with Crippen molar-refractivity contribution in [3.63, 3.8) is 0 Å². The molecule has 0 aliphatic heterocycles. The molecule has 0 saturated heterocycles. The summed E-state index contributed by atoms with van der Waals surface area (Å²) in [4.78, 5) is 0. The molecule has 1 aliphatic rings. The predicted octanol–water partition coefficient (Wildman–Crippen LogP) is 4.26. The number of hydrogen-bond acceptors (Lipinski definition) is 2. The molecule has 0 spiro atoms. The number of rotatable bonds is 10. The van der Waals surface area contributed by atoms with E-state index < -0.39 is 0 Å². The molecular formula is C16H28O2. The van der Waals surface area contributed by atoms with Gasteiger partial charge in [-0.3, -0.25) is 0 Å². The topological polar surface area (TPSA) is 18.5 Å². The Hall–Kier alpha value is -0.600. The van der Waals surface area contributed by atoms with Crippen molar-refractivity contribution in [2.45, 2.75) is 63.6 Å². The standard InChI is InChI=1S/C16H28O2/c1-3-5-7-13-17-15-9-11-16(12-10-15)18-14-8-6-4-2/h3-4,15-16H,1-2,5-14H2. The maximum atomic E-state index is 5.86. The highest BCUT2D eigenvalue weighted by molar-refractivity contribution is 4.74. The second kappa shape index (κ2) is 10.3. The zero-order valence-corrected chi connectivity index (χ0v) is 11.6. The fourth-order valence-corrected chi connectivity index (χ4v) is 2.32. The van der Waals surface area contributed by atoms with Crippen molar-refractivity contribution in [1.82, 2.24) is 0 Å². The third-order valence-electron chi connectivity index (χ3n) is 3.43. The van der Waals surface area contributed by atoms with Crippen LogP contribution in [0.3, 0.4) is 0 Å². The summed E-state index contributed by atoms with van der Waals surface area (Å²) in [6.45, 7) is 9.19. The summed E-state index contributed by atoms with van der Waals surface area (Å²) < 4.78 is 11.7. The van der Waals surface area contributed by atoms with Gasteiger partial charge in [0.25, 0.3) is 0 Å². The van der Waals surface area contributed by atoms with Crippen LogP contribution in [0.2, 0.25) is 0 Å². The first-order valence-electron chi connectivity index (χ1n) is 7.31. The zero-order chi connectivity index (χ0) is 13.1. The molecule has 1 rings (SSSR count). The fourth-order valence-electron chi connectivity index (χ4n) is 2.32. The Morgan fingerprint density at radius 3 is 1.50 bits per heavy atom. The molecule has 0 amide bonds. The lowest BCUT2D eigenvalue weighted by molar-refractivity contribution is -0.0318. The van der Waals surface area contributed by atoms with Crippen molar-refractivity contribution < 1.29 is 9.47 Å². The summed E-state index contributed by atoms with van der Waals surface area (Å²) in [5, 5.41) is 0. The molecule has 0 heterocycles. The molecule has 0 bridgehead atoms. The smallest absolute Gasteiger partial charge is 0.0577 e. The Morgan fingerprint density at radius 2 is 1.17 bits per heavy atom. The van der Waals surface area contributed by atoms with Gasteiger partial charge in [0, 0.05) is 13.2 Å². The molecule has 0 radical (unpaired) electrons. The van der Waals surface area contributed by atoms with E-state index in [1.807, 2.05) is 12.2 Å². The average Bonchev–Trinajstić information content (AvgIpc) is 2.41. The average molecular weight is 252 g/mol. The van der Waals surface area contributed by atoms with Crippen LogP contribution in [0.4, 0.5) is 0 Å². The Labute approximate surface area is 112 Å². The first-order chi connectivity index (χ1) is 8.86. The minimum atomic E-state index is 0.461. The monoisotopic (exact) mass is 252 g/mol. The molecule has 2 heteroatoms. The van der Waals surface area contributed by atoms with Crippen LogP contribution in [-0.2, 0) is 9.47 Å². The van der Waals surface area contributed by atoms with Gasteiger partial charge in [0.2, 0.25) is 0 Å².